The number of nitrogens with zero attached hydrogens (tertiary/aromatic N) is 3. The molecule has 27 heavy (non-hydrogen) atoms. The molecule has 0 aromatic carbocycles. The monoisotopic (exact) mass is 413 g/mol. The summed E-state index contributed by atoms with van der Waals surface area (Å²) in [4.78, 5) is 26.6. The zero-order valence-electron chi connectivity index (χ0n) is 14.5. The van der Waals surface area contributed by atoms with Crippen molar-refractivity contribution in [1.29, 1.82) is 0 Å². The van der Waals surface area contributed by atoms with Crippen LogP contribution in [0.5, 0.6) is 0 Å². The average molecular weight is 413 g/mol. The van der Waals surface area contributed by atoms with Gasteiger partial charge >= 0.3 is 0 Å². The van der Waals surface area contributed by atoms with Crippen LogP contribution in [0.4, 0.5) is 0 Å². The second-order valence-corrected chi connectivity index (χ2v) is 8.89. The quantitative estimate of drug-likeness (QED) is 0.656. The van der Waals surface area contributed by atoms with E-state index in [9.17, 15) is 18.0 Å². The number of carbonyl (C=O) groups excluding carboxylic acids is 2. The molecule has 2 aromatic rings. The molecule has 1 fully saturated rings. The van der Waals surface area contributed by atoms with Gasteiger partial charge in [0.2, 0.25) is 0 Å². The van der Waals surface area contributed by atoms with Crippen LogP contribution in [-0.2, 0) is 14.8 Å². The second-order valence-electron chi connectivity index (χ2n) is 5.82. The molecule has 2 amide bonds. The van der Waals surface area contributed by atoms with Crippen molar-refractivity contribution in [2.24, 2.45) is 5.73 Å². The van der Waals surface area contributed by atoms with Crippen molar-refractivity contribution < 1.29 is 22.5 Å². The molecule has 3 rings (SSSR count). The lowest BCUT2D eigenvalue weighted by molar-refractivity contribution is -0.127. The first-order chi connectivity index (χ1) is 12.9. The van der Waals surface area contributed by atoms with Gasteiger partial charge in [0, 0.05) is 32.2 Å². The molecule has 1 aliphatic rings. The maximum Gasteiger partial charge on any atom is 0.277 e. The van der Waals surface area contributed by atoms with E-state index in [1.807, 2.05) is 0 Å². The van der Waals surface area contributed by atoms with Crippen LogP contribution in [0.15, 0.2) is 32.3 Å². The first-order valence-electron chi connectivity index (χ1n) is 8.13. The minimum absolute atomic E-state index is 0.0104. The normalized spacial score (nSPS) is 18.0. The fourth-order valence-electron chi connectivity index (χ4n) is 2.77. The van der Waals surface area contributed by atoms with Gasteiger partial charge in [0.15, 0.2) is 11.9 Å². The lowest BCUT2D eigenvalue weighted by Gasteiger charge is -2.27. The fraction of sp³-hybridized carbons (Fsp3) is 0.400. The Morgan fingerprint density at radius 3 is 2.81 bits per heavy atom. The van der Waals surface area contributed by atoms with Crippen molar-refractivity contribution in [3.8, 4) is 0 Å². The summed E-state index contributed by atoms with van der Waals surface area (Å²) in [5.74, 6) is -0.764. The second kappa shape index (κ2) is 7.76. The molecule has 146 valence electrons. The standard InChI is InChI=1S/C15H19N5O5S2/c1-10-9-11(18-25-10)15(22)19-6-7-20(14(19)13(21)17-5-4-16)27(23,24)12-3-2-8-26-12/h2-3,8-9,14H,4-7,16H2,1H3,(H,17,21). The van der Waals surface area contributed by atoms with Crippen LogP contribution in [0.1, 0.15) is 16.2 Å². The summed E-state index contributed by atoms with van der Waals surface area (Å²) in [5.41, 5.74) is 5.43. The van der Waals surface area contributed by atoms with Crippen molar-refractivity contribution in [3.63, 3.8) is 0 Å². The highest BCUT2D eigenvalue weighted by atomic mass is 32.2. The molecule has 12 heteroatoms. The molecular formula is C15H19N5O5S2. The molecule has 1 saturated heterocycles. The van der Waals surface area contributed by atoms with E-state index in [2.05, 4.69) is 10.5 Å². The molecule has 3 N–H and O–H groups in total. The lowest BCUT2D eigenvalue weighted by Crippen LogP contribution is -2.54. The van der Waals surface area contributed by atoms with Gasteiger partial charge in [-0.15, -0.1) is 11.3 Å². The van der Waals surface area contributed by atoms with Crippen molar-refractivity contribution in [2.45, 2.75) is 17.3 Å². The minimum Gasteiger partial charge on any atom is -0.361 e. The molecule has 0 aliphatic carbocycles. The molecule has 0 radical (unpaired) electrons. The van der Waals surface area contributed by atoms with E-state index in [1.54, 1.807) is 18.4 Å². The van der Waals surface area contributed by atoms with E-state index < -0.39 is 28.0 Å². The van der Waals surface area contributed by atoms with Crippen molar-refractivity contribution in [1.82, 2.24) is 19.7 Å². The number of carbonyl (C=O) groups is 2. The topological polar surface area (TPSA) is 139 Å². The summed E-state index contributed by atoms with van der Waals surface area (Å²) < 4.78 is 31.9. The third-order valence-corrected chi connectivity index (χ3v) is 7.20. The van der Waals surface area contributed by atoms with Gasteiger partial charge in [0.1, 0.15) is 9.97 Å². The highest BCUT2D eigenvalue weighted by molar-refractivity contribution is 7.91. The number of amides is 2. The zero-order valence-corrected chi connectivity index (χ0v) is 16.1. The number of aryl methyl sites for hydroxylation is 1. The molecular weight excluding hydrogens is 394 g/mol. The number of sulfonamides is 1. The van der Waals surface area contributed by atoms with Gasteiger partial charge < -0.3 is 20.5 Å². The van der Waals surface area contributed by atoms with Crippen molar-refractivity contribution in [2.75, 3.05) is 26.2 Å². The third kappa shape index (κ3) is 3.74. The Morgan fingerprint density at radius 2 is 2.22 bits per heavy atom. The summed E-state index contributed by atoms with van der Waals surface area (Å²) in [6.45, 7) is 2.02. The predicted molar refractivity (Wildman–Crippen MR) is 96.3 cm³/mol. The van der Waals surface area contributed by atoms with Crippen LogP contribution in [-0.4, -0.2) is 66.9 Å². The third-order valence-electron chi connectivity index (χ3n) is 3.97. The van der Waals surface area contributed by atoms with E-state index in [-0.39, 0.29) is 36.1 Å². The van der Waals surface area contributed by atoms with E-state index in [4.69, 9.17) is 10.3 Å². The van der Waals surface area contributed by atoms with Crippen LogP contribution in [0.2, 0.25) is 0 Å². The van der Waals surface area contributed by atoms with E-state index in [0.29, 0.717) is 5.76 Å². The fourth-order valence-corrected chi connectivity index (χ4v) is 5.43. The molecule has 1 atom stereocenters. The summed E-state index contributed by atoms with van der Waals surface area (Å²) in [6.07, 6.45) is -1.33. The molecule has 3 heterocycles. The molecule has 0 bridgehead atoms. The highest BCUT2D eigenvalue weighted by Gasteiger charge is 2.47. The summed E-state index contributed by atoms with van der Waals surface area (Å²) >= 11 is 1.05. The maximum atomic E-state index is 13.0. The molecule has 10 nitrogen and oxygen atoms in total. The van der Waals surface area contributed by atoms with E-state index in [0.717, 1.165) is 15.6 Å². The van der Waals surface area contributed by atoms with Crippen LogP contribution in [0, 0.1) is 6.92 Å². The SMILES string of the molecule is Cc1cc(C(=O)N2CCN(S(=O)(=O)c3cccs3)C2C(=O)NCCN)no1. The van der Waals surface area contributed by atoms with Gasteiger partial charge in [-0.2, -0.15) is 4.31 Å². The number of hydrogen-bond acceptors (Lipinski definition) is 8. The molecule has 0 saturated carbocycles. The Bertz CT molecular complexity index is 924. The van der Waals surface area contributed by atoms with Gasteiger partial charge in [-0.25, -0.2) is 8.42 Å². The number of hydrogen-bond donors (Lipinski definition) is 2. The molecule has 1 unspecified atom stereocenters. The first kappa shape index (κ1) is 19.5. The lowest BCUT2D eigenvalue weighted by atomic mass is 10.3. The van der Waals surface area contributed by atoms with Crippen LogP contribution < -0.4 is 11.1 Å². The Kier molecular flexibility index (Phi) is 5.60. The van der Waals surface area contributed by atoms with Crippen molar-refractivity contribution >= 4 is 33.2 Å². The maximum absolute atomic E-state index is 13.0. The Morgan fingerprint density at radius 1 is 1.44 bits per heavy atom. The van der Waals surface area contributed by atoms with Crippen LogP contribution in [0.25, 0.3) is 0 Å². The van der Waals surface area contributed by atoms with Gasteiger partial charge in [0.05, 0.1) is 0 Å². The zero-order chi connectivity index (χ0) is 19.6. The van der Waals surface area contributed by atoms with Gasteiger partial charge in [-0.3, -0.25) is 9.59 Å². The number of nitrogens with one attached hydrogen (secondary N) is 1. The van der Waals surface area contributed by atoms with Gasteiger partial charge in [-0.05, 0) is 18.4 Å². The first-order valence-corrected chi connectivity index (χ1v) is 10.5. The summed E-state index contributed by atoms with van der Waals surface area (Å²) in [6, 6.07) is 4.51. The minimum atomic E-state index is -3.94. The largest absolute Gasteiger partial charge is 0.361 e. The highest BCUT2D eigenvalue weighted by Crippen LogP contribution is 2.28. The molecule has 0 spiro atoms. The average Bonchev–Trinajstić information content (AvgIpc) is 3.38. The number of nitrogens with two attached hydrogens (primary N) is 1. The Labute approximate surface area is 160 Å². The summed E-state index contributed by atoms with van der Waals surface area (Å²) in [5, 5.41) is 7.86. The molecule has 1 aliphatic heterocycles. The van der Waals surface area contributed by atoms with Gasteiger partial charge in [0.25, 0.3) is 21.8 Å². The van der Waals surface area contributed by atoms with Crippen LogP contribution >= 0.6 is 11.3 Å². The molecule has 2 aromatic heterocycles. The number of aromatic nitrogens is 1. The van der Waals surface area contributed by atoms with Gasteiger partial charge in [-0.1, -0.05) is 11.2 Å². The van der Waals surface area contributed by atoms with E-state index >= 15 is 0 Å². The number of rotatable bonds is 6. The Hall–Kier alpha value is -2.28. The smallest absolute Gasteiger partial charge is 0.277 e. The summed E-state index contributed by atoms with van der Waals surface area (Å²) in [7, 11) is -3.94. The number of thiophene rings is 1. The van der Waals surface area contributed by atoms with Crippen LogP contribution in [0.3, 0.4) is 0 Å². The van der Waals surface area contributed by atoms with Crippen molar-refractivity contribution in [3.05, 3.63) is 35.0 Å². The van der Waals surface area contributed by atoms with E-state index in [1.165, 1.54) is 17.0 Å². The predicted octanol–water partition coefficient (Wildman–Crippen LogP) is -0.408. The Balaban J connectivity index is 1.95.